The van der Waals surface area contributed by atoms with Gasteiger partial charge in [0.05, 0.1) is 0 Å². The topological polar surface area (TPSA) is 49.9 Å². The van der Waals surface area contributed by atoms with E-state index >= 15 is 0 Å². The van der Waals surface area contributed by atoms with Crippen molar-refractivity contribution in [2.45, 2.75) is 26.4 Å². The summed E-state index contributed by atoms with van der Waals surface area (Å²) in [5, 5.41) is 0. The van der Waals surface area contributed by atoms with Crippen molar-refractivity contribution in [3.05, 3.63) is 12.3 Å². The van der Waals surface area contributed by atoms with Gasteiger partial charge in [-0.25, -0.2) is 4.79 Å². The highest BCUT2D eigenvalue weighted by Crippen LogP contribution is 2.52. The maximum absolute atomic E-state index is 12.0. The average molecular weight is 280 g/mol. The summed E-state index contributed by atoms with van der Waals surface area (Å²) in [5.74, 6) is 0.922. The molecule has 0 aromatic rings. The molecule has 1 aliphatic heterocycles. The summed E-state index contributed by atoms with van der Waals surface area (Å²) in [4.78, 5) is 27.5. The lowest BCUT2D eigenvalue weighted by molar-refractivity contribution is -0.116. The van der Waals surface area contributed by atoms with Gasteiger partial charge in [0.2, 0.25) is 0 Å². The van der Waals surface area contributed by atoms with Gasteiger partial charge < -0.3 is 14.5 Å². The highest BCUT2D eigenvalue weighted by atomic mass is 16.6. The SMILES string of the molecule is CN(C)/C=C\C(=O)C1[C@H]2CN(C(=O)OC(C)(C)C)C[C@@H]12. The highest BCUT2D eigenvalue weighted by Gasteiger charge is 2.59. The molecule has 0 radical (unpaired) electrons. The van der Waals surface area contributed by atoms with Gasteiger partial charge in [0.15, 0.2) is 5.78 Å². The van der Waals surface area contributed by atoms with Crippen molar-refractivity contribution < 1.29 is 14.3 Å². The molecule has 2 rings (SSSR count). The lowest BCUT2D eigenvalue weighted by Gasteiger charge is -2.25. The number of allylic oxidation sites excluding steroid dienone is 1. The number of carbonyl (C=O) groups is 2. The van der Waals surface area contributed by atoms with E-state index in [1.165, 1.54) is 0 Å². The van der Waals surface area contributed by atoms with Crippen molar-refractivity contribution in [3.63, 3.8) is 0 Å². The Morgan fingerprint density at radius 3 is 2.20 bits per heavy atom. The number of nitrogens with zero attached hydrogens (tertiary/aromatic N) is 2. The molecule has 0 N–H and O–H groups in total. The first kappa shape index (κ1) is 14.9. The molecule has 20 heavy (non-hydrogen) atoms. The summed E-state index contributed by atoms with van der Waals surface area (Å²) in [6, 6.07) is 0. The number of likely N-dealkylation sites (tertiary alicyclic amines) is 1. The van der Waals surface area contributed by atoms with Gasteiger partial charge in [-0.2, -0.15) is 0 Å². The third-order valence-corrected chi connectivity index (χ3v) is 3.71. The number of hydrogen-bond donors (Lipinski definition) is 0. The number of rotatable bonds is 3. The van der Waals surface area contributed by atoms with Crippen molar-refractivity contribution in [1.82, 2.24) is 9.80 Å². The van der Waals surface area contributed by atoms with Crippen LogP contribution in [0.1, 0.15) is 20.8 Å². The zero-order valence-electron chi connectivity index (χ0n) is 12.9. The van der Waals surface area contributed by atoms with Crippen molar-refractivity contribution in [2.24, 2.45) is 17.8 Å². The summed E-state index contributed by atoms with van der Waals surface area (Å²) in [5.41, 5.74) is -0.465. The van der Waals surface area contributed by atoms with Gasteiger partial charge in [-0.05, 0) is 38.7 Å². The van der Waals surface area contributed by atoms with Crippen LogP contribution in [-0.4, -0.2) is 54.5 Å². The summed E-state index contributed by atoms with van der Waals surface area (Å²) >= 11 is 0. The Morgan fingerprint density at radius 1 is 1.20 bits per heavy atom. The molecule has 0 bridgehead atoms. The molecule has 3 atom stereocenters. The normalized spacial score (nSPS) is 28.4. The first-order valence-corrected chi connectivity index (χ1v) is 7.05. The minimum absolute atomic E-state index is 0.102. The van der Waals surface area contributed by atoms with Crippen LogP contribution in [0.2, 0.25) is 0 Å². The molecule has 1 saturated carbocycles. The molecule has 2 fully saturated rings. The van der Waals surface area contributed by atoms with Gasteiger partial charge in [-0.1, -0.05) is 0 Å². The van der Waals surface area contributed by atoms with Gasteiger partial charge in [0.25, 0.3) is 0 Å². The lowest BCUT2D eigenvalue weighted by atomic mass is 10.1. The molecule has 1 aliphatic carbocycles. The molecule has 5 nitrogen and oxygen atoms in total. The van der Waals surface area contributed by atoms with Crippen LogP contribution < -0.4 is 0 Å². The molecule has 112 valence electrons. The van der Waals surface area contributed by atoms with E-state index in [1.54, 1.807) is 17.2 Å². The number of hydrogen-bond acceptors (Lipinski definition) is 4. The highest BCUT2D eigenvalue weighted by molar-refractivity contribution is 5.94. The van der Waals surface area contributed by atoms with Gasteiger partial charge >= 0.3 is 6.09 Å². The van der Waals surface area contributed by atoms with Crippen LogP contribution in [0, 0.1) is 17.8 Å². The summed E-state index contributed by atoms with van der Waals surface area (Å²) in [7, 11) is 3.78. The molecule has 1 amide bonds. The van der Waals surface area contributed by atoms with Crippen LogP contribution in [0.4, 0.5) is 4.79 Å². The van der Waals surface area contributed by atoms with Crippen LogP contribution in [0.3, 0.4) is 0 Å². The zero-order valence-corrected chi connectivity index (χ0v) is 12.9. The standard InChI is InChI=1S/C15H24N2O3/c1-15(2,3)20-14(19)17-8-10-11(9-17)13(10)12(18)6-7-16(4)5/h6-7,10-11,13H,8-9H2,1-5H3/b7-6-/t10-,11+,13?. The van der Waals surface area contributed by atoms with E-state index < -0.39 is 5.60 Å². The Balaban J connectivity index is 1.82. The van der Waals surface area contributed by atoms with Crippen molar-refractivity contribution in [2.75, 3.05) is 27.2 Å². The number of fused-ring (bicyclic) bond motifs is 1. The maximum Gasteiger partial charge on any atom is 0.410 e. The molecule has 0 aromatic heterocycles. The second-order valence-electron chi connectivity index (χ2n) is 6.92. The Morgan fingerprint density at radius 2 is 1.75 bits per heavy atom. The molecule has 0 spiro atoms. The Labute approximate surface area is 120 Å². The van der Waals surface area contributed by atoms with Gasteiger partial charge in [-0.15, -0.1) is 0 Å². The maximum atomic E-state index is 12.0. The van der Waals surface area contributed by atoms with Gasteiger partial charge in [0, 0.05) is 39.3 Å². The smallest absolute Gasteiger partial charge is 0.410 e. The van der Waals surface area contributed by atoms with Crippen LogP contribution in [0.25, 0.3) is 0 Å². The van der Waals surface area contributed by atoms with Gasteiger partial charge in [-0.3, -0.25) is 4.79 Å². The number of ketones is 1. The Bertz CT molecular complexity index is 425. The lowest BCUT2D eigenvalue weighted by Crippen LogP contribution is -2.37. The molecule has 5 heteroatoms. The zero-order chi connectivity index (χ0) is 15.1. The van der Waals surface area contributed by atoms with Crippen molar-refractivity contribution in [1.29, 1.82) is 0 Å². The Hall–Kier alpha value is -1.52. The van der Waals surface area contributed by atoms with E-state index in [0.29, 0.717) is 24.9 Å². The van der Waals surface area contributed by atoms with Gasteiger partial charge in [0.1, 0.15) is 5.60 Å². The van der Waals surface area contributed by atoms with Crippen molar-refractivity contribution in [3.8, 4) is 0 Å². The van der Waals surface area contributed by atoms with Crippen LogP contribution >= 0.6 is 0 Å². The third-order valence-electron chi connectivity index (χ3n) is 3.71. The van der Waals surface area contributed by atoms with E-state index in [-0.39, 0.29) is 17.8 Å². The minimum atomic E-state index is -0.465. The van der Waals surface area contributed by atoms with Crippen LogP contribution in [0.5, 0.6) is 0 Å². The fourth-order valence-electron chi connectivity index (χ4n) is 2.76. The summed E-state index contributed by atoms with van der Waals surface area (Å²) in [6.07, 6.45) is 3.16. The van der Waals surface area contributed by atoms with Crippen molar-refractivity contribution >= 4 is 11.9 Å². The minimum Gasteiger partial charge on any atom is -0.444 e. The largest absolute Gasteiger partial charge is 0.444 e. The van der Waals surface area contributed by atoms with E-state index in [1.807, 2.05) is 39.8 Å². The molecule has 0 aromatic carbocycles. The van der Waals surface area contributed by atoms with Crippen LogP contribution in [-0.2, 0) is 9.53 Å². The predicted molar refractivity (Wildman–Crippen MR) is 76.1 cm³/mol. The number of piperidine rings is 1. The second-order valence-corrected chi connectivity index (χ2v) is 6.92. The van der Waals surface area contributed by atoms with E-state index in [4.69, 9.17) is 4.74 Å². The number of ether oxygens (including phenoxy) is 1. The van der Waals surface area contributed by atoms with E-state index in [2.05, 4.69) is 0 Å². The molecule has 1 heterocycles. The van der Waals surface area contributed by atoms with E-state index in [9.17, 15) is 9.59 Å². The van der Waals surface area contributed by atoms with E-state index in [0.717, 1.165) is 0 Å². The molecule has 2 aliphatic rings. The predicted octanol–water partition coefficient (Wildman–Crippen LogP) is 1.74. The fourth-order valence-corrected chi connectivity index (χ4v) is 2.76. The fraction of sp³-hybridized carbons (Fsp3) is 0.733. The second kappa shape index (κ2) is 5.11. The third kappa shape index (κ3) is 3.32. The average Bonchev–Trinajstić information content (AvgIpc) is 2.78. The molecule has 1 unspecified atom stereocenters. The number of amides is 1. The number of carbonyl (C=O) groups excluding carboxylic acids is 2. The Kier molecular flexibility index (Phi) is 3.80. The van der Waals surface area contributed by atoms with Crippen LogP contribution in [0.15, 0.2) is 12.3 Å². The quantitative estimate of drug-likeness (QED) is 0.739. The monoisotopic (exact) mass is 280 g/mol. The summed E-state index contributed by atoms with van der Waals surface area (Å²) in [6.45, 7) is 6.87. The summed E-state index contributed by atoms with van der Waals surface area (Å²) < 4.78 is 5.35. The first-order valence-electron chi connectivity index (χ1n) is 7.05. The first-order chi connectivity index (χ1) is 9.19. The molecule has 1 saturated heterocycles. The molecular formula is C15H24N2O3. The molecular weight excluding hydrogens is 256 g/mol.